The van der Waals surface area contributed by atoms with Crippen molar-refractivity contribution in [2.45, 2.75) is 12.5 Å². The van der Waals surface area contributed by atoms with E-state index in [1.165, 1.54) is 31.4 Å². The van der Waals surface area contributed by atoms with Gasteiger partial charge < -0.3 is 15.2 Å². The van der Waals surface area contributed by atoms with Gasteiger partial charge in [0.15, 0.2) is 0 Å². The Morgan fingerprint density at radius 3 is 2.54 bits per heavy atom. The maximum Gasteiger partial charge on any atom is 0.328 e. The molecule has 2 N–H and O–H groups in total. The first kappa shape index (κ1) is 17.0. The predicted molar refractivity (Wildman–Crippen MR) is 86.2 cm³/mol. The first-order chi connectivity index (χ1) is 11.5. The lowest BCUT2D eigenvalue weighted by atomic mass is 10.0. The Kier molecular flexibility index (Phi) is 5.53. The van der Waals surface area contributed by atoms with Crippen LogP contribution < -0.4 is 5.32 Å². The minimum Gasteiger partial charge on any atom is -0.508 e. The van der Waals surface area contributed by atoms with Gasteiger partial charge in [0.25, 0.3) is 5.91 Å². The number of phenols is 1. The highest BCUT2D eigenvalue weighted by molar-refractivity contribution is 5.97. The fourth-order valence-corrected chi connectivity index (χ4v) is 2.18. The number of aromatic hydroxyl groups is 1. The van der Waals surface area contributed by atoms with E-state index in [1.54, 1.807) is 24.3 Å². The van der Waals surface area contributed by atoms with Gasteiger partial charge in [-0.05, 0) is 35.9 Å². The Balaban J connectivity index is 2.14. The first-order valence-corrected chi connectivity index (χ1v) is 7.20. The third-order valence-corrected chi connectivity index (χ3v) is 3.42. The van der Waals surface area contributed by atoms with E-state index in [9.17, 15) is 14.7 Å². The van der Waals surface area contributed by atoms with Crippen LogP contribution in [0.2, 0.25) is 0 Å². The summed E-state index contributed by atoms with van der Waals surface area (Å²) in [5.41, 5.74) is 1.53. The number of phenolic OH excluding ortho intramolecular Hbond substituents is 1. The van der Waals surface area contributed by atoms with E-state index >= 15 is 0 Å². The van der Waals surface area contributed by atoms with Gasteiger partial charge in [0.05, 0.1) is 18.7 Å². The molecule has 0 spiro atoms. The van der Waals surface area contributed by atoms with E-state index in [2.05, 4.69) is 5.32 Å². The first-order valence-electron chi connectivity index (χ1n) is 7.20. The molecule has 0 radical (unpaired) electrons. The quantitative estimate of drug-likeness (QED) is 0.817. The van der Waals surface area contributed by atoms with Crippen LogP contribution in [0.3, 0.4) is 0 Å². The molecule has 6 nitrogen and oxygen atoms in total. The zero-order valence-electron chi connectivity index (χ0n) is 13.0. The molecule has 2 aromatic rings. The summed E-state index contributed by atoms with van der Waals surface area (Å²) in [6.45, 7) is 0. The van der Waals surface area contributed by atoms with Crippen molar-refractivity contribution in [3.63, 3.8) is 0 Å². The molecular weight excluding hydrogens is 308 g/mol. The van der Waals surface area contributed by atoms with E-state index in [4.69, 9.17) is 10.00 Å². The SMILES string of the molecule is COC(=O)[C@@H](Cc1ccc(C#N)cc1)NC(=O)c1cccc(O)c1. The van der Waals surface area contributed by atoms with E-state index in [0.717, 1.165) is 5.56 Å². The molecule has 1 amide bonds. The smallest absolute Gasteiger partial charge is 0.328 e. The van der Waals surface area contributed by atoms with Crippen molar-refractivity contribution < 1.29 is 19.4 Å². The highest BCUT2D eigenvalue weighted by Gasteiger charge is 2.22. The molecule has 1 atom stereocenters. The largest absolute Gasteiger partial charge is 0.508 e. The number of nitrogens with one attached hydrogen (secondary N) is 1. The minimum atomic E-state index is -0.877. The summed E-state index contributed by atoms with van der Waals surface area (Å²) in [7, 11) is 1.24. The van der Waals surface area contributed by atoms with Gasteiger partial charge in [-0.15, -0.1) is 0 Å². The van der Waals surface area contributed by atoms with Crippen LogP contribution in [0.5, 0.6) is 5.75 Å². The molecule has 0 aliphatic carbocycles. The van der Waals surface area contributed by atoms with Gasteiger partial charge >= 0.3 is 5.97 Å². The summed E-state index contributed by atoms with van der Waals surface area (Å²) in [5.74, 6) is -1.10. The molecule has 0 aliphatic rings. The molecule has 24 heavy (non-hydrogen) atoms. The minimum absolute atomic E-state index is 0.0376. The van der Waals surface area contributed by atoms with E-state index < -0.39 is 17.9 Å². The lowest BCUT2D eigenvalue weighted by molar-refractivity contribution is -0.142. The number of esters is 1. The van der Waals surface area contributed by atoms with Gasteiger partial charge in [0.1, 0.15) is 11.8 Å². The number of hydrogen-bond acceptors (Lipinski definition) is 5. The summed E-state index contributed by atoms with van der Waals surface area (Å²) >= 11 is 0. The number of ether oxygens (including phenoxy) is 1. The van der Waals surface area contributed by atoms with Crippen molar-refractivity contribution >= 4 is 11.9 Å². The number of nitriles is 1. The normalized spacial score (nSPS) is 11.2. The number of methoxy groups -OCH3 is 1. The van der Waals surface area contributed by atoms with Gasteiger partial charge in [-0.2, -0.15) is 5.26 Å². The standard InChI is InChI=1S/C18H16N2O4/c1-24-18(23)16(9-12-5-7-13(11-19)8-6-12)20-17(22)14-3-2-4-15(21)10-14/h2-8,10,16,21H,9H2,1H3,(H,20,22)/t16-/m1/s1. The Morgan fingerprint density at radius 2 is 1.96 bits per heavy atom. The van der Waals surface area contributed by atoms with Crippen LogP contribution in [0, 0.1) is 11.3 Å². The average molecular weight is 324 g/mol. The van der Waals surface area contributed by atoms with Crippen molar-refractivity contribution in [2.75, 3.05) is 7.11 Å². The van der Waals surface area contributed by atoms with E-state index in [-0.39, 0.29) is 17.7 Å². The van der Waals surface area contributed by atoms with Crippen molar-refractivity contribution in [3.8, 4) is 11.8 Å². The molecule has 0 saturated heterocycles. The second-order valence-corrected chi connectivity index (χ2v) is 5.11. The second kappa shape index (κ2) is 7.79. The van der Waals surface area contributed by atoms with Crippen LogP contribution in [0.1, 0.15) is 21.5 Å². The monoisotopic (exact) mass is 324 g/mol. The Bertz CT molecular complexity index is 778. The summed E-state index contributed by atoms with van der Waals surface area (Å²) < 4.78 is 4.73. The van der Waals surface area contributed by atoms with Crippen LogP contribution in [0.4, 0.5) is 0 Å². The van der Waals surface area contributed by atoms with Gasteiger partial charge in [-0.3, -0.25) is 4.79 Å². The lowest BCUT2D eigenvalue weighted by Crippen LogP contribution is -2.43. The summed E-state index contributed by atoms with van der Waals surface area (Å²) in [6.07, 6.45) is 0.225. The second-order valence-electron chi connectivity index (χ2n) is 5.11. The molecule has 2 rings (SSSR count). The molecule has 0 aliphatic heterocycles. The molecule has 0 fully saturated rings. The Morgan fingerprint density at radius 1 is 1.25 bits per heavy atom. The predicted octanol–water partition coefficient (Wildman–Crippen LogP) is 1.78. The van der Waals surface area contributed by atoms with Gasteiger partial charge in [-0.25, -0.2) is 4.79 Å². The van der Waals surface area contributed by atoms with Gasteiger partial charge in [0, 0.05) is 12.0 Å². The zero-order chi connectivity index (χ0) is 17.5. The van der Waals surface area contributed by atoms with Gasteiger partial charge in [0.2, 0.25) is 0 Å². The van der Waals surface area contributed by atoms with Crippen LogP contribution in [-0.4, -0.2) is 30.1 Å². The van der Waals surface area contributed by atoms with Gasteiger partial charge in [-0.1, -0.05) is 18.2 Å². The summed E-state index contributed by atoms with van der Waals surface area (Å²) in [5, 5.41) is 20.8. The molecule has 0 unspecified atom stereocenters. The zero-order valence-corrected chi connectivity index (χ0v) is 13.0. The third kappa shape index (κ3) is 4.34. The van der Waals surface area contributed by atoms with Crippen molar-refractivity contribution in [1.82, 2.24) is 5.32 Å². The fourth-order valence-electron chi connectivity index (χ4n) is 2.18. The summed E-state index contributed by atoms with van der Waals surface area (Å²) in [4.78, 5) is 24.2. The molecule has 0 heterocycles. The fraction of sp³-hybridized carbons (Fsp3) is 0.167. The third-order valence-electron chi connectivity index (χ3n) is 3.42. The van der Waals surface area contributed by atoms with E-state index in [1.807, 2.05) is 6.07 Å². The number of rotatable bonds is 5. The van der Waals surface area contributed by atoms with E-state index in [0.29, 0.717) is 5.56 Å². The highest BCUT2D eigenvalue weighted by atomic mass is 16.5. The van der Waals surface area contributed by atoms with Crippen LogP contribution in [0.15, 0.2) is 48.5 Å². The van der Waals surface area contributed by atoms with Crippen LogP contribution in [-0.2, 0) is 16.0 Å². The number of carbonyl (C=O) groups excluding carboxylic acids is 2. The van der Waals surface area contributed by atoms with Crippen molar-refractivity contribution in [3.05, 3.63) is 65.2 Å². The average Bonchev–Trinajstić information content (AvgIpc) is 2.61. The molecule has 0 bridgehead atoms. The number of benzene rings is 2. The van der Waals surface area contributed by atoms with Crippen LogP contribution in [0.25, 0.3) is 0 Å². The van der Waals surface area contributed by atoms with Crippen LogP contribution >= 0.6 is 0 Å². The molecule has 2 aromatic carbocycles. The molecular formula is C18H16N2O4. The lowest BCUT2D eigenvalue weighted by Gasteiger charge is -2.17. The highest BCUT2D eigenvalue weighted by Crippen LogP contribution is 2.12. The van der Waals surface area contributed by atoms with Crippen molar-refractivity contribution in [2.24, 2.45) is 0 Å². The molecule has 122 valence electrons. The number of hydrogen-bond donors (Lipinski definition) is 2. The topological polar surface area (TPSA) is 99.4 Å². The molecule has 0 saturated carbocycles. The molecule has 0 aromatic heterocycles. The number of amides is 1. The molecule has 6 heteroatoms. The Labute approximate surface area is 139 Å². The summed E-state index contributed by atoms with van der Waals surface area (Å²) in [6, 6.07) is 13.7. The Hall–Kier alpha value is -3.33. The number of carbonyl (C=O) groups is 2. The van der Waals surface area contributed by atoms with Crippen molar-refractivity contribution in [1.29, 1.82) is 5.26 Å². The number of nitrogens with zero attached hydrogens (tertiary/aromatic N) is 1. The maximum atomic E-state index is 12.2. The maximum absolute atomic E-state index is 12.2.